The maximum absolute atomic E-state index is 12.4. The van der Waals surface area contributed by atoms with Gasteiger partial charge in [-0.1, -0.05) is 77.7 Å². The quantitative estimate of drug-likeness (QED) is 0.0733. The van der Waals surface area contributed by atoms with Crippen LogP contribution in [0, 0.1) is 40.9 Å². The number of Topliss-reactive ketones (excluding diaryl/α,β-unsaturated/α-hetero) is 1. The third-order valence-corrected chi connectivity index (χ3v) is 10.6. The monoisotopic (exact) mass is 660 g/mol. The van der Waals surface area contributed by atoms with Gasteiger partial charge in [-0.05, 0) is 118 Å². The number of carbonyl (C=O) groups is 3. The number of benzene rings is 1. The van der Waals surface area contributed by atoms with Gasteiger partial charge in [0.05, 0.1) is 5.69 Å². The smallest absolute Gasteiger partial charge is 0.271 e. The van der Waals surface area contributed by atoms with Crippen LogP contribution in [-0.2, 0) is 20.8 Å². The molecule has 6 unspecified atom stereocenters. The summed E-state index contributed by atoms with van der Waals surface area (Å²) in [5.41, 5.74) is 12.9. The van der Waals surface area contributed by atoms with E-state index >= 15 is 0 Å². The number of carbonyl (C=O) groups excluding carboxylic acids is 3. The molecule has 0 radical (unpaired) electrons. The van der Waals surface area contributed by atoms with Crippen molar-refractivity contribution in [3.63, 3.8) is 0 Å². The lowest BCUT2D eigenvalue weighted by molar-refractivity contribution is -0.126. The highest BCUT2D eigenvalue weighted by molar-refractivity contribution is 6.40. The third-order valence-electron chi connectivity index (χ3n) is 10.6. The summed E-state index contributed by atoms with van der Waals surface area (Å²) in [6, 6.07) is 8.17. The van der Waals surface area contributed by atoms with E-state index in [0.29, 0.717) is 18.3 Å². The molecule has 1 aliphatic carbocycles. The molecular formula is C41H64N4O3. The van der Waals surface area contributed by atoms with Gasteiger partial charge in [0.2, 0.25) is 5.91 Å². The second-order valence-electron chi connectivity index (χ2n) is 14.8. The Morgan fingerprint density at radius 1 is 1.00 bits per heavy atom. The molecule has 0 bridgehead atoms. The molecule has 0 heterocycles. The first kappa shape index (κ1) is 41.0. The molecule has 7 nitrogen and oxygen atoms in total. The number of aliphatic imine (C=N–C) groups is 1. The van der Waals surface area contributed by atoms with Crippen LogP contribution in [0.2, 0.25) is 0 Å². The van der Waals surface area contributed by atoms with Gasteiger partial charge in [-0.15, -0.1) is 0 Å². The lowest BCUT2D eigenvalue weighted by Crippen LogP contribution is -2.35. The lowest BCUT2D eigenvalue weighted by atomic mass is 9.72. The van der Waals surface area contributed by atoms with Crippen LogP contribution in [0.4, 0.5) is 5.69 Å². The van der Waals surface area contributed by atoms with E-state index in [4.69, 9.17) is 16.1 Å². The fourth-order valence-electron chi connectivity index (χ4n) is 6.51. The number of hydrogen-bond donors (Lipinski definition) is 3. The maximum Gasteiger partial charge on any atom is 0.271 e. The zero-order valence-corrected chi connectivity index (χ0v) is 31.5. The number of unbranched alkanes of at least 4 members (excludes halogenated alkanes) is 1. The molecule has 2 amide bonds. The Hall–Kier alpha value is -3.19. The summed E-state index contributed by atoms with van der Waals surface area (Å²) >= 11 is 0. The normalized spacial score (nSPS) is 18.2. The first-order chi connectivity index (χ1) is 22.5. The summed E-state index contributed by atoms with van der Waals surface area (Å²) in [4.78, 5) is 40.5. The molecule has 1 aromatic carbocycles. The second-order valence-corrected chi connectivity index (χ2v) is 14.8. The summed E-state index contributed by atoms with van der Waals surface area (Å²) < 4.78 is 0. The van der Waals surface area contributed by atoms with Crippen molar-refractivity contribution >= 4 is 34.7 Å². The topological polar surface area (TPSA) is 125 Å². The number of nitrogens with one attached hydrogen (secondary N) is 2. The Labute approximate surface area is 291 Å². The van der Waals surface area contributed by atoms with Gasteiger partial charge in [0.1, 0.15) is 11.5 Å². The third kappa shape index (κ3) is 13.4. The minimum absolute atomic E-state index is 0.105. The van der Waals surface area contributed by atoms with Crippen LogP contribution in [0.1, 0.15) is 126 Å². The van der Waals surface area contributed by atoms with E-state index in [2.05, 4.69) is 84.1 Å². The van der Waals surface area contributed by atoms with Gasteiger partial charge in [0.15, 0.2) is 0 Å². The van der Waals surface area contributed by atoms with E-state index in [9.17, 15) is 14.4 Å². The number of hydrogen-bond acceptors (Lipinski definition) is 6. The zero-order valence-electron chi connectivity index (χ0n) is 31.5. The van der Waals surface area contributed by atoms with Gasteiger partial charge in [-0.25, -0.2) is 0 Å². The van der Waals surface area contributed by atoms with Gasteiger partial charge in [0.25, 0.3) is 5.91 Å². The number of nitrogens with two attached hydrogens (primary N) is 1. The summed E-state index contributed by atoms with van der Waals surface area (Å²) in [5.74, 6) is 1.33. The molecule has 0 saturated heterocycles. The highest BCUT2D eigenvalue weighted by atomic mass is 16.2. The lowest BCUT2D eigenvalue weighted by Gasteiger charge is -2.33. The van der Waals surface area contributed by atoms with Gasteiger partial charge in [-0.3, -0.25) is 25.3 Å². The van der Waals surface area contributed by atoms with E-state index in [1.54, 1.807) is 6.92 Å². The molecule has 0 aliphatic heterocycles. The number of rotatable bonds is 20. The van der Waals surface area contributed by atoms with Crippen molar-refractivity contribution in [3.8, 4) is 0 Å². The average Bonchev–Trinajstić information content (AvgIpc) is 3.85. The average molecular weight is 661 g/mol. The summed E-state index contributed by atoms with van der Waals surface area (Å²) in [5, 5.41) is 10.6. The summed E-state index contributed by atoms with van der Waals surface area (Å²) in [6.07, 6.45) is 10.8. The molecule has 6 atom stereocenters. The number of ketones is 1. The van der Waals surface area contributed by atoms with Crippen LogP contribution >= 0.6 is 0 Å². The number of nitrogens with zero attached hydrogens (tertiary/aromatic N) is 1. The molecule has 1 aliphatic rings. The van der Waals surface area contributed by atoms with Gasteiger partial charge >= 0.3 is 0 Å². The maximum atomic E-state index is 12.4. The number of imide groups is 1. The Bertz CT molecular complexity index is 1370. The van der Waals surface area contributed by atoms with Crippen LogP contribution in [-0.4, -0.2) is 35.1 Å². The molecule has 0 aromatic heterocycles. The van der Waals surface area contributed by atoms with Crippen molar-refractivity contribution in [3.05, 3.63) is 52.6 Å². The molecule has 1 saturated carbocycles. The zero-order chi connectivity index (χ0) is 36.1. The Morgan fingerprint density at radius 2 is 1.67 bits per heavy atom. The van der Waals surface area contributed by atoms with Crippen molar-refractivity contribution in [1.82, 2.24) is 5.32 Å². The van der Waals surface area contributed by atoms with Crippen LogP contribution in [0.15, 0.2) is 52.1 Å². The molecule has 1 aromatic rings. The highest BCUT2D eigenvalue weighted by Gasteiger charge is 2.31. The summed E-state index contributed by atoms with van der Waals surface area (Å²) in [7, 11) is 0. The number of aryl methyl sites for hydroxylation is 1. The predicted molar refractivity (Wildman–Crippen MR) is 201 cm³/mol. The van der Waals surface area contributed by atoms with Gasteiger partial charge in [-0.2, -0.15) is 0 Å². The largest absolute Gasteiger partial charge is 0.324 e. The minimum Gasteiger partial charge on any atom is -0.324 e. The molecule has 2 rings (SSSR count). The molecule has 1 fully saturated rings. The minimum atomic E-state index is -0.674. The summed E-state index contributed by atoms with van der Waals surface area (Å²) in [6.45, 7) is 20.6. The van der Waals surface area contributed by atoms with E-state index < -0.39 is 11.8 Å². The van der Waals surface area contributed by atoms with Crippen molar-refractivity contribution in [2.24, 2.45) is 46.2 Å². The molecule has 7 heteroatoms. The fraction of sp³-hybridized carbons (Fsp3) is 0.634. The molecule has 266 valence electrons. The standard InChI is InChI=1S/C41H64N4O3/c1-11-25(2)40(45-36-18-14-17-34(22-36)16-13-12-15-27(4)46)24-37(28(5)26(3)21-35-19-20-35)30(7)29(6)31(8)38(32(9)42)23-39(43)41(48)44-33(10)47/h14,17-18,22,24-26,28-30,32,35,43H,11-13,15-16,19-21,23,42H2,1-10H3,(H,44,47,48)/b37-24-,38-31?,43-39?,45-40?. The van der Waals surface area contributed by atoms with Crippen LogP contribution in [0.5, 0.6) is 0 Å². The SMILES string of the molecule is CCC(C)C(/C=C(/C(C)C(C)CC1CC1)C(C)C(C)C(C)=C(CC(=N)C(=O)NC(C)=O)C(C)N)=Nc1cccc(CCCCC(C)=O)c1. The Balaban J connectivity index is 2.55. The van der Waals surface area contributed by atoms with Crippen LogP contribution in [0.25, 0.3) is 0 Å². The Morgan fingerprint density at radius 3 is 2.23 bits per heavy atom. The first-order valence-corrected chi connectivity index (χ1v) is 18.3. The number of allylic oxidation sites excluding steroid dienone is 3. The highest BCUT2D eigenvalue weighted by Crippen LogP contribution is 2.42. The van der Waals surface area contributed by atoms with E-state index in [-0.39, 0.29) is 41.7 Å². The van der Waals surface area contributed by atoms with E-state index in [1.165, 1.54) is 37.3 Å². The first-order valence-electron chi connectivity index (χ1n) is 18.3. The van der Waals surface area contributed by atoms with Crippen molar-refractivity contribution in [2.45, 2.75) is 133 Å². The number of amides is 2. The molecule has 0 spiro atoms. The van der Waals surface area contributed by atoms with Crippen LogP contribution < -0.4 is 11.1 Å². The van der Waals surface area contributed by atoms with Crippen LogP contribution in [0.3, 0.4) is 0 Å². The second kappa shape index (κ2) is 19.7. The molecule has 48 heavy (non-hydrogen) atoms. The fourth-order valence-corrected chi connectivity index (χ4v) is 6.51. The van der Waals surface area contributed by atoms with Gasteiger partial charge < -0.3 is 10.5 Å². The van der Waals surface area contributed by atoms with E-state index in [0.717, 1.165) is 54.1 Å². The molecular weight excluding hydrogens is 596 g/mol. The van der Waals surface area contributed by atoms with Gasteiger partial charge in [0, 0.05) is 31.5 Å². The predicted octanol–water partition coefficient (Wildman–Crippen LogP) is 9.11. The van der Waals surface area contributed by atoms with Crippen molar-refractivity contribution < 1.29 is 14.4 Å². The van der Waals surface area contributed by atoms with Crippen molar-refractivity contribution in [2.75, 3.05) is 0 Å². The van der Waals surface area contributed by atoms with E-state index in [1.807, 2.05) is 6.92 Å². The van der Waals surface area contributed by atoms with Crippen molar-refractivity contribution in [1.29, 1.82) is 5.41 Å². The Kier molecular flexibility index (Phi) is 16.8. The molecule has 4 N–H and O–H groups in total.